The molecule has 1 aromatic carbocycles. The van der Waals surface area contributed by atoms with E-state index in [1.165, 1.54) is 0 Å². The lowest BCUT2D eigenvalue weighted by atomic mass is 10.1. The first kappa shape index (κ1) is 12.0. The van der Waals surface area contributed by atoms with Crippen LogP contribution in [0.4, 0.5) is 0 Å². The van der Waals surface area contributed by atoms with Crippen molar-refractivity contribution in [1.29, 1.82) is 0 Å². The Morgan fingerprint density at radius 1 is 1.27 bits per heavy atom. The summed E-state index contributed by atoms with van der Waals surface area (Å²) in [4.78, 5) is 11.2. The van der Waals surface area contributed by atoms with Gasteiger partial charge < -0.3 is 9.47 Å². The summed E-state index contributed by atoms with van der Waals surface area (Å²) in [6, 6.07) is 6.89. The van der Waals surface area contributed by atoms with E-state index in [0.717, 1.165) is 5.75 Å². The number of alkyl halides is 1. The van der Waals surface area contributed by atoms with Crippen LogP contribution in [0.2, 0.25) is 0 Å². The third-order valence-electron chi connectivity index (χ3n) is 1.85. The standard InChI is InChI=1S/C11H13ClO3/c1-14-6-7-15-10-4-2-9(3-5-10)11(13)8-12/h2-5H,6-8H2,1H3. The zero-order valence-electron chi connectivity index (χ0n) is 8.53. The van der Waals surface area contributed by atoms with Gasteiger partial charge in [-0.2, -0.15) is 0 Å². The molecule has 0 saturated heterocycles. The number of methoxy groups -OCH3 is 1. The highest BCUT2D eigenvalue weighted by atomic mass is 35.5. The fourth-order valence-electron chi connectivity index (χ4n) is 1.06. The SMILES string of the molecule is COCCOc1ccc(C(=O)CCl)cc1. The average Bonchev–Trinajstić information content (AvgIpc) is 2.29. The Bertz CT molecular complexity index is 308. The normalized spacial score (nSPS) is 10.0. The van der Waals surface area contributed by atoms with E-state index in [2.05, 4.69) is 0 Å². The van der Waals surface area contributed by atoms with Crippen LogP contribution in [0, 0.1) is 0 Å². The number of carbonyl (C=O) groups is 1. The van der Waals surface area contributed by atoms with Crippen molar-refractivity contribution in [1.82, 2.24) is 0 Å². The first-order valence-corrected chi connectivity index (χ1v) is 5.12. The van der Waals surface area contributed by atoms with Crippen LogP contribution in [0.1, 0.15) is 10.4 Å². The molecule has 82 valence electrons. The first-order chi connectivity index (χ1) is 7.27. The topological polar surface area (TPSA) is 35.5 Å². The van der Waals surface area contributed by atoms with E-state index in [9.17, 15) is 4.79 Å². The zero-order valence-corrected chi connectivity index (χ0v) is 9.29. The van der Waals surface area contributed by atoms with Gasteiger partial charge in [0.05, 0.1) is 12.5 Å². The minimum Gasteiger partial charge on any atom is -0.491 e. The number of Topliss-reactive ketones (excluding diaryl/α,β-unsaturated/α-hetero) is 1. The summed E-state index contributed by atoms with van der Waals surface area (Å²) in [6.45, 7) is 1.04. The molecule has 0 aromatic heterocycles. The lowest BCUT2D eigenvalue weighted by Gasteiger charge is -2.05. The fraction of sp³-hybridized carbons (Fsp3) is 0.364. The largest absolute Gasteiger partial charge is 0.491 e. The van der Waals surface area contributed by atoms with Crippen LogP contribution < -0.4 is 4.74 Å². The number of benzene rings is 1. The quantitative estimate of drug-likeness (QED) is 0.425. The first-order valence-electron chi connectivity index (χ1n) is 4.59. The van der Waals surface area contributed by atoms with Crippen LogP contribution in [-0.2, 0) is 4.74 Å². The van der Waals surface area contributed by atoms with Crippen LogP contribution in [0.15, 0.2) is 24.3 Å². The minimum absolute atomic E-state index is 0.00385. The molecule has 3 nitrogen and oxygen atoms in total. The molecular formula is C11H13ClO3. The maximum absolute atomic E-state index is 11.2. The van der Waals surface area contributed by atoms with Gasteiger partial charge in [-0.25, -0.2) is 0 Å². The molecule has 1 aromatic rings. The summed E-state index contributed by atoms with van der Waals surface area (Å²) in [7, 11) is 1.62. The molecule has 0 unspecified atom stereocenters. The zero-order chi connectivity index (χ0) is 11.1. The molecule has 0 fully saturated rings. The molecule has 0 atom stereocenters. The maximum Gasteiger partial charge on any atom is 0.177 e. The van der Waals surface area contributed by atoms with Crippen molar-refractivity contribution in [2.75, 3.05) is 26.2 Å². The second kappa shape index (κ2) is 6.43. The van der Waals surface area contributed by atoms with Crippen LogP contribution in [-0.4, -0.2) is 32.0 Å². The summed E-state index contributed by atoms with van der Waals surface area (Å²) in [5.74, 6) is 0.641. The molecule has 4 heteroatoms. The van der Waals surface area contributed by atoms with Gasteiger partial charge in [0.2, 0.25) is 0 Å². The van der Waals surface area contributed by atoms with Crippen molar-refractivity contribution in [2.45, 2.75) is 0 Å². The molecule has 0 aliphatic heterocycles. The summed E-state index contributed by atoms with van der Waals surface area (Å²) >= 11 is 5.43. The third-order valence-corrected chi connectivity index (χ3v) is 2.10. The van der Waals surface area contributed by atoms with Gasteiger partial charge in [-0.15, -0.1) is 11.6 Å². The molecule has 15 heavy (non-hydrogen) atoms. The van der Waals surface area contributed by atoms with Crippen LogP contribution >= 0.6 is 11.6 Å². The summed E-state index contributed by atoms with van der Waals surface area (Å²) < 4.78 is 10.2. The number of ketones is 1. The Labute approximate surface area is 93.9 Å². The Morgan fingerprint density at radius 2 is 1.93 bits per heavy atom. The lowest BCUT2D eigenvalue weighted by molar-refractivity contribution is 0.102. The monoisotopic (exact) mass is 228 g/mol. The second-order valence-electron chi connectivity index (χ2n) is 2.92. The molecule has 0 saturated carbocycles. The van der Waals surface area contributed by atoms with Crippen molar-refractivity contribution in [3.63, 3.8) is 0 Å². The number of halogens is 1. The smallest absolute Gasteiger partial charge is 0.177 e. The lowest BCUT2D eigenvalue weighted by Crippen LogP contribution is -2.05. The van der Waals surface area contributed by atoms with E-state index >= 15 is 0 Å². The van der Waals surface area contributed by atoms with E-state index in [-0.39, 0.29) is 11.7 Å². The van der Waals surface area contributed by atoms with E-state index in [1.807, 2.05) is 0 Å². The van der Waals surface area contributed by atoms with Gasteiger partial charge in [-0.3, -0.25) is 4.79 Å². The minimum atomic E-state index is -0.0832. The summed E-state index contributed by atoms with van der Waals surface area (Å²) in [6.07, 6.45) is 0. The van der Waals surface area contributed by atoms with Gasteiger partial charge in [0, 0.05) is 12.7 Å². The van der Waals surface area contributed by atoms with Crippen molar-refractivity contribution < 1.29 is 14.3 Å². The Morgan fingerprint density at radius 3 is 2.47 bits per heavy atom. The number of ether oxygens (including phenoxy) is 2. The van der Waals surface area contributed by atoms with Gasteiger partial charge >= 0.3 is 0 Å². The molecule has 0 heterocycles. The Kier molecular flexibility index (Phi) is 5.15. The number of hydrogen-bond donors (Lipinski definition) is 0. The molecule has 0 bridgehead atoms. The van der Waals surface area contributed by atoms with Crippen LogP contribution in [0.3, 0.4) is 0 Å². The van der Waals surface area contributed by atoms with Crippen LogP contribution in [0.5, 0.6) is 5.75 Å². The fourth-order valence-corrected chi connectivity index (χ4v) is 1.21. The molecule has 0 aliphatic carbocycles. The molecule has 0 aliphatic rings. The van der Waals surface area contributed by atoms with E-state index in [1.54, 1.807) is 31.4 Å². The highest BCUT2D eigenvalue weighted by Crippen LogP contribution is 2.12. The van der Waals surface area contributed by atoms with Gasteiger partial charge in [-0.1, -0.05) is 0 Å². The number of rotatable bonds is 6. The molecule has 0 N–H and O–H groups in total. The molecule has 0 amide bonds. The number of hydrogen-bond acceptors (Lipinski definition) is 3. The molecule has 0 radical (unpaired) electrons. The van der Waals surface area contributed by atoms with Crippen molar-refractivity contribution in [2.24, 2.45) is 0 Å². The van der Waals surface area contributed by atoms with E-state index in [0.29, 0.717) is 18.8 Å². The third kappa shape index (κ3) is 3.90. The predicted octanol–water partition coefficient (Wildman–Crippen LogP) is 2.13. The van der Waals surface area contributed by atoms with Crippen molar-refractivity contribution >= 4 is 17.4 Å². The number of carbonyl (C=O) groups excluding carboxylic acids is 1. The average molecular weight is 229 g/mol. The van der Waals surface area contributed by atoms with Crippen LogP contribution in [0.25, 0.3) is 0 Å². The van der Waals surface area contributed by atoms with E-state index < -0.39 is 0 Å². The highest BCUT2D eigenvalue weighted by Gasteiger charge is 2.03. The highest BCUT2D eigenvalue weighted by molar-refractivity contribution is 6.30. The Balaban J connectivity index is 2.52. The van der Waals surface area contributed by atoms with E-state index in [4.69, 9.17) is 21.1 Å². The van der Waals surface area contributed by atoms with Gasteiger partial charge in [0.1, 0.15) is 12.4 Å². The molecule has 0 spiro atoms. The molecular weight excluding hydrogens is 216 g/mol. The summed E-state index contributed by atoms with van der Waals surface area (Å²) in [5.41, 5.74) is 0.601. The van der Waals surface area contributed by atoms with Gasteiger partial charge in [0.25, 0.3) is 0 Å². The molecule has 1 rings (SSSR count). The summed E-state index contributed by atoms with van der Waals surface area (Å²) in [5, 5.41) is 0. The second-order valence-corrected chi connectivity index (χ2v) is 3.19. The predicted molar refractivity (Wildman–Crippen MR) is 58.9 cm³/mol. The van der Waals surface area contributed by atoms with Crippen molar-refractivity contribution in [3.05, 3.63) is 29.8 Å². The maximum atomic E-state index is 11.2. The Hall–Kier alpha value is -1.06. The van der Waals surface area contributed by atoms with Crippen molar-refractivity contribution in [3.8, 4) is 5.75 Å². The van der Waals surface area contributed by atoms with Gasteiger partial charge in [-0.05, 0) is 24.3 Å². The van der Waals surface area contributed by atoms with Gasteiger partial charge in [0.15, 0.2) is 5.78 Å².